The number of likely N-dealkylation sites (tertiary alicyclic amines) is 1. The standard InChI is InChI=1S/C10H19NO6/c1-11-2-5(3-11)16-10-9(15)8(14)7(13)6(4-12)17-10/h5-10,12-15H,2-4H2,1H3/t6?,7-,8-,9?,10?/m0/s1. The summed E-state index contributed by atoms with van der Waals surface area (Å²) in [5, 5.41) is 37.8. The first-order valence-corrected chi connectivity index (χ1v) is 5.67. The molecule has 2 fully saturated rings. The van der Waals surface area contributed by atoms with Crippen LogP contribution in [0.1, 0.15) is 0 Å². The summed E-state index contributed by atoms with van der Waals surface area (Å²) in [4.78, 5) is 2.04. The molecule has 2 saturated heterocycles. The Morgan fingerprint density at radius 3 is 2.35 bits per heavy atom. The van der Waals surface area contributed by atoms with Gasteiger partial charge in [-0.3, -0.25) is 0 Å². The molecule has 5 atom stereocenters. The average Bonchev–Trinajstić information content (AvgIpc) is 2.27. The van der Waals surface area contributed by atoms with Gasteiger partial charge in [0.05, 0.1) is 12.7 Å². The van der Waals surface area contributed by atoms with Crippen LogP contribution in [-0.4, -0.2) is 88.9 Å². The highest BCUT2D eigenvalue weighted by Crippen LogP contribution is 2.24. The van der Waals surface area contributed by atoms with E-state index in [0.717, 1.165) is 13.1 Å². The fourth-order valence-corrected chi connectivity index (χ4v) is 2.10. The van der Waals surface area contributed by atoms with Gasteiger partial charge in [0.1, 0.15) is 24.4 Å². The van der Waals surface area contributed by atoms with Crippen molar-refractivity contribution in [2.45, 2.75) is 36.8 Å². The zero-order valence-corrected chi connectivity index (χ0v) is 9.64. The third-order valence-corrected chi connectivity index (χ3v) is 3.21. The largest absolute Gasteiger partial charge is 0.394 e. The van der Waals surface area contributed by atoms with Crippen molar-refractivity contribution in [1.29, 1.82) is 0 Å². The van der Waals surface area contributed by atoms with E-state index in [2.05, 4.69) is 0 Å². The van der Waals surface area contributed by atoms with Crippen molar-refractivity contribution in [2.75, 3.05) is 26.7 Å². The van der Waals surface area contributed by atoms with Crippen LogP contribution in [0.3, 0.4) is 0 Å². The zero-order chi connectivity index (χ0) is 12.6. The molecule has 0 amide bonds. The number of aliphatic hydroxyl groups excluding tert-OH is 4. The van der Waals surface area contributed by atoms with Gasteiger partial charge in [0, 0.05) is 13.1 Å². The molecular weight excluding hydrogens is 230 g/mol. The van der Waals surface area contributed by atoms with Gasteiger partial charge in [-0.25, -0.2) is 0 Å². The van der Waals surface area contributed by atoms with Crippen LogP contribution in [0.15, 0.2) is 0 Å². The van der Waals surface area contributed by atoms with Crippen molar-refractivity contribution in [2.24, 2.45) is 0 Å². The van der Waals surface area contributed by atoms with Crippen molar-refractivity contribution in [3.05, 3.63) is 0 Å². The number of rotatable bonds is 3. The summed E-state index contributed by atoms with van der Waals surface area (Å²) in [6.07, 6.45) is -5.98. The molecule has 2 heterocycles. The average molecular weight is 249 g/mol. The fraction of sp³-hybridized carbons (Fsp3) is 1.00. The summed E-state index contributed by atoms with van der Waals surface area (Å²) in [5.41, 5.74) is 0. The highest BCUT2D eigenvalue weighted by molar-refractivity contribution is 4.90. The Morgan fingerprint density at radius 2 is 1.82 bits per heavy atom. The first-order valence-electron chi connectivity index (χ1n) is 5.67. The van der Waals surface area contributed by atoms with Crippen LogP contribution >= 0.6 is 0 Å². The van der Waals surface area contributed by atoms with Crippen LogP contribution in [0.5, 0.6) is 0 Å². The summed E-state index contributed by atoms with van der Waals surface area (Å²) in [6, 6.07) is 0. The lowest BCUT2D eigenvalue weighted by Gasteiger charge is -2.44. The van der Waals surface area contributed by atoms with Crippen molar-refractivity contribution >= 4 is 0 Å². The van der Waals surface area contributed by atoms with Gasteiger partial charge < -0.3 is 34.8 Å². The lowest BCUT2D eigenvalue weighted by molar-refractivity contribution is -0.318. The minimum Gasteiger partial charge on any atom is -0.394 e. The van der Waals surface area contributed by atoms with E-state index >= 15 is 0 Å². The third kappa shape index (κ3) is 2.60. The normalized spacial score (nSPS) is 44.6. The Hall–Kier alpha value is -0.280. The van der Waals surface area contributed by atoms with Gasteiger partial charge in [0.25, 0.3) is 0 Å². The SMILES string of the molecule is CN1CC(OC2OC(CO)[C@H](O)[C@H](O)C2O)C1. The maximum Gasteiger partial charge on any atom is 0.187 e. The molecule has 0 aromatic rings. The Morgan fingerprint density at radius 1 is 1.18 bits per heavy atom. The molecule has 17 heavy (non-hydrogen) atoms. The molecular formula is C10H19NO6. The van der Waals surface area contributed by atoms with Gasteiger partial charge in [0.2, 0.25) is 0 Å². The van der Waals surface area contributed by atoms with E-state index < -0.39 is 37.3 Å². The smallest absolute Gasteiger partial charge is 0.187 e. The van der Waals surface area contributed by atoms with Gasteiger partial charge in [-0.1, -0.05) is 0 Å². The van der Waals surface area contributed by atoms with Crippen molar-refractivity contribution in [1.82, 2.24) is 4.90 Å². The molecule has 0 aliphatic carbocycles. The summed E-state index contributed by atoms with van der Waals surface area (Å²) < 4.78 is 10.7. The molecule has 7 nitrogen and oxygen atoms in total. The van der Waals surface area contributed by atoms with Gasteiger partial charge in [-0.05, 0) is 7.05 Å². The van der Waals surface area contributed by atoms with Crippen molar-refractivity contribution in [3.63, 3.8) is 0 Å². The molecule has 2 rings (SSSR count). The first kappa shape index (κ1) is 13.2. The molecule has 2 aliphatic rings. The van der Waals surface area contributed by atoms with Crippen LogP contribution in [0.4, 0.5) is 0 Å². The van der Waals surface area contributed by atoms with Crippen LogP contribution in [-0.2, 0) is 9.47 Å². The number of ether oxygens (including phenoxy) is 2. The van der Waals surface area contributed by atoms with Crippen LogP contribution in [0, 0.1) is 0 Å². The Balaban J connectivity index is 1.92. The van der Waals surface area contributed by atoms with Crippen LogP contribution < -0.4 is 0 Å². The second kappa shape index (κ2) is 5.15. The van der Waals surface area contributed by atoms with Gasteiger partial charge in [-0.2, -0.15) is 0 Å². The fourth-order valence-electron chi connectivity index (χ4n) is 2.10. The monoisotopic (exact) mass is 249 g/mol. The molecule has 100 valence electrons. The third-order valence-electron chi connectivity index (χ3n) is 3.21. The molecule has 3 unspecified atom stereocenters. The molecule has 0 spiro atoms. The summed E-state index contributed by atoms with van der Waals surface area (Å²) >= 11 is 0. The zero-order valence-electron chi connectivity index (χ0n) is 9.64. The predicted molar refractivity (Wildman–Crippen MR) is 56.1 cm³/mol. The number of hydrogen-bond donors (Lipinski definition) is 4. The van der Waals surface area contributed by atoms with Crippen LogP contribution in [0.25, 0.3) is 0 Å². The summed E-state index contributed by atoms with van der Waals surface area (Å²) in [5.74, 6) is 0. The van der Waals surface area contributed by atoms with E-state index in [1.165, 1.54) is 0 Å². The minimum atomic E-state index is -1.37. The van der Waals surface area contributed by atoms with E-state index in [1.807, 2.05) is 11.9 Å². The molecule has 7 heteroatoms. The van der Waals surface area contributed by atoms with E-state index in [1.54, 1.807) is 0 Å². The number of nitrogens with zero attached hydrogens (tertiary/aromatic N) is 1. The van der Waals surface area contributed by atoms with E-state index in [9.17, 15) is 15.3 Å². The lowest BCUT2D eigenvalue weighted by atomic mass is 9.99. The topological polar surface area (TPSA) is 103 Å². The molecule has 0 radical (unpaired) electrons. The Bertz CT molecular complexity index is 257. The second-order valence-electron chi connectivity index (χ2n) is 4.68. The van der Waals surface area contributed by atoms with E-state index in [4.69, 9.17) is 14.6 Å². The van der Waals surface area contributed by atoms with E-state index in [0.29, 0.717) is 0 Å². The number of hydrogen-bond acceptors (Lipinski definition) is 7. The van der Waals surface area contributed by atoms with Gasteiger partial charge >= 0.3 is 0 Å². The van der Waals surface area contributed by atoms with Crippen molar-refractivity contribution in [3.8, 4) is 0 Å². The van der Waals surface area contributed by atoms with E-state index in [-0.39, 0.29) is 6.10 Å². The molecule has 4 N–H and O–H groups in total. The molecule has 2 aliphatic heterocycles. The van der Waals surface area contributed by atoms with Crippen molar-refractivity contribution < 1.29 is 29.9 Å². The highest BCUT2D eigenvalue weighted by atomic mass is 16.7. The molecule has 0 aromatic carbocycles. The predicted octanol–water partition coefficient (Wildman–Crippen LogP) is -2.88. The molecule has 0 aromatic heterocycles. The lowest BCUT2D eigenvalue weighted by Crippen LogP contribution is -2.61. The maximum atomic E-state index is 9.70. The highest BCUT2D eigenvalue weighted by Gasteiger charge is 2.45. The minimum absolute atomic E-state index is 0.0542. The summed E-state index contributed by atoms with van der Waals surface area (Å²) in [7, 11) is 1.94. The summed E-state index contributed by atoms with van der Waals surface area (Å²) in [6.45, 7) is 1.03. The first-order chi connectivity index (χ1) is 8.02. The Labute approximate surface area is 99.2 Å². The van der Waals surface area contributed by atoms with Crippen LogP contribution in [0.2, 0.25) is 0 Å². The Kier molecular flexibility index (Phi) is 3.99. The van der Waals surface area contributed by atoms with Gasteiger partial charge in [-0.15, -0.1) is 0 Å². The van der Waals surface area contributed by atoms with Gasteiger partial charge in [0.15, 0.2) is 6.29 Å². The maximum absolute atomic E-state index is 9.70. The number of likely N-dealkylation sites (N-methyl/N-ethyl adjacent to an activating group) is 1. The molecule has 0 saturated carbocycles. The number of aliphatic hydroxyl groups is 4. The molecule has 0 bridgehead atoms. The second-order valence-corrected chi connectivity index (χ2v) is 4.68. The quantitative estimate of drug-likeness (QED) is 0.426.